The zero-order chi connectivity index (χ0) is 9.30. The average Bonchev–Trinajstić information content (AvgIpc) is 1.96. The summed E-state index contributed by atoms with van der Waals surface area (Å²) in [5.41, 5.74) is 6.17. The molecule has 1 rings (SSSR count). The van der Waals surface area contributed by atoms with Gasteiger partial charge in [-0.15, -0.1) is 12.4 Å². The van der Waals surface area contributed by atoms with Crippen LogP contribution in [0.1, 0.15) is 11.1 Å². The highest BCUT2D eigenvalue weighted by Crippen LogP contribution is 2.19. The summed E-state index contributed by atoms with van der Waals surface area (Å²) in [6.45, 7) is 1.82. The zero-order valence-electron chi connectivity index (χ0n) is 6.90. The molecule has 1 aromatic rings. The van der Waals surface area contributed by atoms with Crippen LogP contribution in [0.4, 0.5) is 4.39 Å². The topological polar surface area (TPSA) is 49.9 Å². The smallest absolute Gasteiger partial charge is 0.135 e. The fourth-order valence-electron chi connectivity index (χ4n) is 0.864. The minimum Gasteiger partial charge on any atom is -0.384 e. The van der Waals surface area contributed by atoms with Crippen LogP contribution in [0.5, 0.6) is 0 Å². The molecule has 0 saturated heterocycles. The maximum Gasteiger partial charge on any atom is 0.135 e. The Labute approximate surface area is 90.4 Å². The Morgan fingerprint density at radius 2 is 2.08 bits per heavy atom. The Hall–Kier alpha value is -0.610. The molecule has 0 radical (unpaired) electrons. The minimum absolute atomic E-state index is 0. The lowest BCUT2D eigenvalue weighted by molar-refractivity contribution is 0.623. The molecule has 0 fully saturated rings. The van der Waals surface area contributed by atoms with Gasteiger partial charge in [0.15, 0.2) is 0 Å². The maximum atomic E-state index is 13.0. The number of aryl methyl sites for hydroxylation is 1. The van der Waals surface area contributed by atoms with Gasteiger partial charge in [0.1, 0.15) is 11.7 Å². The number of nitrogen functional groups attached to an aromatic ring is 1. The van der Waals surface area contributed by atoms with Crippen LogP contribution in [0, 0.1) is 18.2 Å². The van der Waals surface area contributed by atoms with Gasteiger partial charge in [0, 0.05) is 4.47 Å². The van der Waals surface area contributed by atoms with Crippen LogP contribution in [-0.4, -0.2) is 5.84 Å². The Morgan fingerprint density at radius 3 is 2.54 bits per heavy atom. The SMILES string of the molecule is Cc1cc(C(=N)N)c(F)cc1Br.Cl. The van der Waals surface area contributed by atoms with Crippen LogP contribution >= 0.6 is 28.3 Å². The normalized spacial score (nSPS) is 9.15. The molecular weight excluding hydrogens is 258 g/mol. The molecule has 72 valence electrons. The van der Waals surface area contributed by atoms with Crippen LogP contribution in [0.25, 0.3) is 0 Å². The lowest BCUT2D eigenvalue weighted by Crippen LogP contribution is -2.13. The van der Waals surface area contributed by atoms with E-state index >= 15 is 0 Å². The molecule has 13 heavy (non-hydrogen) atoms. The van der Waals surface area contributed by atoms with Gasteiger partial charge in [-0.25, -0.2) is 4.39 Å². The van der Waals surface area contributed by atoms with E-state index in [0.717, 1.165) is 5.56 Å². The maximum absolute atomic E-state index is 13.0. The Kier molecular flexibility index (Phi) is 4.36. The highest BCUT2D eigenvalue weighted by molar-refractivity contribution is 9.10. The van der Waals surface area contributed by atoms with Crippen molar-refractivity contribution < 1.29 is 4.39 Å². The first-order valence-corrected chi connectivity index (χ1v) is 4.11. The van der Waals surface area contributed by atoms with Crippen LogP contribution in [0.3, 0.4) is 0 Å². The summed E-state index contributed by atoms with van der Waals surface area (Å²) in [5.74, 6) is -0.719. The number of hydrogen-bond acceptors (Lipinski definition) is 1. The van der Waals surface area contributed by atoms with E-state index in [0.29, 0.717) is 4.47 Å². The predicted molar refractivity (Wildman–Crippen MR) is 57.1 cm³/mol. The first kappa shape index (κ1) is 12.4. The van der Waals surface area contributed by atoms with Gasteiger partial charge in [0.25, 0.3) is 0 Å². The molecule has 0 heterocycles. The van der Waals surface area contributed by atoms with Gasteiger partial charge in [-0.05, 0) is 24.6 Å². The molecule has 0 aliphatic carbocycles. The fourth-order valence-corrected chi connectivity index (χ4v) is 1.18. The third-order valence-corrected chi connectivity index (χ3v) is 2.39. The van der Waals surface area contributed by atoms with Crippen molar-refractivity contribution in [2.45, 2.75) is 6.92 Å². The first-order chi connectivity index (χ1) is 5.52. The molecule has 0 bridgehead atoms. The Morgan fingerprint density at radius 1 is 1.54 bits per heavy atom. The summed E-state index contributed by atoms with van der Waals surface area (Å²) in [7, 11) is 0. The second-order valence-corrected chi connectivity index (χ2v) is 3.35. The molecule has 0 atom stereocenters. The van der Waals surface area contributed by atoms with Gasteiger partial charge < -0.3 is 5.73 Å². The largest absolute Gasteiger partial charge is 0.384 e. The number of nitrogens with one attached hydrogen (secondary N) is 1. The number of nitrogens with two attached hydrogens (primary N) is 1. The number of hydrogen-bond donors (Lipinski definition) is 2. The lowest BCUT2D eigenvalue weighted by Gasteiger charge is -2.03. The van der Waals surface area contributed by atoms with Crippen LogP contribution in [0.2, 0.25) is 0 Å². The van der Waals surface area contributed by atoms with Crippen molar-refractivity contribution in [1.82, 2.24) is 0 Å². The summed E-state index contributed by atoms with van der Waals surface area (Å²) in [6.07, 6.45) is 0. The minimum atomic E-state index is -0.472. The van der Waals surface area contributed by atoms with Crippen LogP contribution < -0.4 is 5.73 Å². The van der Waals surface area contributed by atoms with Gasteiger partial charge in [-0.3, -0.25) is 5.41 Å². The van der Waals surface area contributed by atoms with E-state index in [1.54, 1.807) is 6.07 Å². The third-order valence-electron chi connectivity index (χ3n) is 1.54. The van der Waals surface area contributed by atoms with E-state index in [9.17, 15) is 4.39 Å². The molecule has 0 amide bonds. The van der Waals surface area contributed by atoms with Gasteiger partial charge in [-0.2, -0.15) is 0 Å². The summed E-state index contributed by atoms with van der Waals surface area (Å²) < 4.78 is 13.7. The first-order valence-electron chi connectivity index (χ1n) is 3.32. The quantitative estimate of drug-likeness (QED) is 0.596. The Bertz CT molecular complexity index is 341. The molecule has 2 nitrogen and oxygen atoms in total. The zero-order valence-corrected chi connectivity index (χ0v) is 9.30. The molecular formula is C8H9BrClFN2. The molecule has 0 aliphatic rings. The second kappa shape index (κ2) is 4.58. The Balaban J connectivity index is 0.00000144. The number of rotatable bonds is 1. The molecule has 3 N–H and O–H groups in total. The van der Waals surface area contributed by atoms with E-state index in [-0.39, 0.29) is 23.8 Å². The summed E-state index contributed by atoms with van der Waals surface area (Å²) in [6, 6.07) is 2.85. The molecule has 0 aliphatic heterocycles. The molecule has 1 aromatic carbocycles. The molecule has 0 aromatic heterocycles. The van der Waals surface area contributed by atoms with Crippen molar-refractivity contribution in [2.75, 3.05) is 0 Å². The van der Waals surface area contributed by atoms with Crippen molar-refractivity contribution in [3.63, 3.8) is 0 Å². The van der Waals surface area contributed by atoms with Crippen LogP contribution in [-0.2, 0) is 0 Å². The second-order valence-electron chi connectivity index (χ2n) is 2.49. The van der Waals surface area contributed by atoms with Gasteiger partial charge >= 0.3 is 0 Å². The van der Waals surface area contributed by atoms with Crippen molar-refractivity contribution in [3.05, 3.63) is 33.5 Å². The molecule has 0 spiro atoms. The van der Waals surface area contributed by atoms with Crippen LogP contribution in [0.15, 0.2) is 16.6 Å². The van der Waals surface area contributed by atoms with E-state index in [4.69, 9.17) is 11.1 Å². The summed E-state index contributed by atoms with van der Waals surface area (Å²) in [4.78, 5) is 0. The van der Waals surface area contributed by atoms with Gasteiger partial charge in [0.2, 0.25) is 0 Å². The monoisotopic (exact) mass is 266 g/mol. The lowest BCUT2D eigenvalue weighted by atomic mass is 10.1. The summed E-state index contributed by atoms with van der Waals surface area (Å²) >= 11 is 3.18. The van der Waals surface area contributed by atoms with E-state index in [1.807, 2.05) is 6.92 Å². The predicted octanol–water partition coefficient (Wildman–Crippen LogP) is 2.60. The van der Waals surface area contributed by atoms with Crippen molar-refractivity contribution >= 4 is 34.2 Å². The highest BCUT2D eigenvalue weighted by Gasteiger charge is 2.07. The van der Waals surface area contributed by atoms with Gasteiger partial charge in [0.05, 0.1) is 5.56 Å². The van der Waals surface area contributed by atoms with Crippen molar-refractivity contribution in [1.29, 1.82) is 5.41 Å². The highest BCUT2D eigenvalue weighted by atomic mass is 79.9. The van der Waals surface area contributed by atoms with Gasteiger partial charge in [-0.1, -0.05) is 15.9 Å². The molecule has 0 saturated carbocycles. The fraction of sp³-hybridized carbons (Fsp3) is 0.125. The van der Waals surface area contributed by atoms with E-state index in [1.165, 1.54) is 6.07 Å². The summed E-state index contributed by atoms with van der Waals surface area (Å²) in [5, 5.41) is 7.07. The van der Waals surface area contributed by atoms with E-state index in [2.05, 4.69) is 15.9 Å². The van der Waals surface area contributed by atoms with Crippen molar-refractivity contribution in [2.24, 2.45) is 5.73 Å². The number of benzene rings is 1. The average molecular weight is 268 g/mol. The molecule has 5 heteroatoms. The molecule has 0 unspecified atom stereocenters. The standard InChI is InChI=1S/C8H8BrFN2.ClH/c1-4-2-5(8(11)12)7(10)3-6(4)9;/h2-3H,1H3,(H3,11,12);1H. The number of amidine groups is 1. The van der Waals surface area contributed by atoms with E-state index < -0.39 is 5.82 Å². The number of halogens is 3. The third kappa shape index (κ3) is 2.67. The van der Waals surface area contributed by atoms with Crippen molar-refractivity contribution in [3.8, 4) is 0 Å².